The van der Waals surface area contributed by atoms with Crippen molar-refractivity contribution in [2.24, 2.45) is 0 Å². The molecule has 17 unspecified atom stereocenters. The van der Waals surface area contributed by atoms with Crippen molar-refractivity contribution in [1.82, 2.24) is 5.32 Å². The van der Waals surface area contributed by atoms with Gasteiger partial charge < -0.3 is 89.9 Å². The predicted molar refractivity (Wildman–Crippen MR) is 383 cm³/mol. The zero-order chi connectivity index (χ0) is 70.4. The highest BCUT2D eigenvalue weighted by atomic mass is 16.8. The van der Waals surface area contributed by atoms with E-state index in [2.05, 4.69) is 79.9 Å². The zero-order valence-electron chi connectivity index (χ0n) is 60.0. The van der Waals surface area contributed by atoms with Crippen molar-refractivity contribution in [3.8, 4) is 0 Å². The van der Waals surface area contributed by atoms with Crippen LogP contribution in [-0.2, 0) is 33.2 Å². The summed E-state index contributed by atoms with van der Waals surface area (Å²) in [6.07, 6.45) is 48.7. The highest BCUT2D eigenvalue weighted by molar-refractivity contribution is 5.76. The summed E-state index contributed by atoms with van der Waals surface area (Å²) >= 11 is 0. The summed E-state index contributed by atoms with van der Waals surface area (Å²) in [4.78, 5) is 13.5. The Labute approximate surface area is 585 Å². The number of carbonyl (C=O) groups is 1. The number of hydrogen-bond donors (Lipinski definition) is 12. The molecule has 0 aromatic carbocycles. The molecule has 19 heteroatoms. The Balaban J connectivity index is 1.40. The summed E-state index contributed by atoms with van der Waals surface area (Å²) in [7, 11) is 0. The second kappa shape index (κ2) is 58.7. The lowest BCUT2D eigenvalue weighted by Crippen LogP contribution is -2.66. The van der Waals surface area contributed by atoms with E-state index in [-0.39, 0.29) is 18.9 Å². The van der Waals surface area contributed by atoms with Crippen molar-refractivity contribution >= 4 is 5.91 Å². The lowest BCUT2D eigenvalue weighted by Gasteiger charge is -2.48. The number of aliphatic hydroxyl groups is 11. The highest BCUT2D eigenvalue weighted by Crippen LogP contribution is 2.33. The number of amides is 1. The molecule has 3 aliphatic heterocycles. The lowest BCUT2D eigenvalue weighted by molar-refractivity contribution is -0.379. The minimum Gasteiger partial charge on any atom is -0.394 e. The van der Waals surface area contributed by atoms with Gasteiger partial charge in [-0.1, -0.05) is 286 Å². The van der Waals surface area contributed by atoms with Crippen LogP contribution in [0.1, 0.15) is 284 Å². The molecule has 0 bridgehead atoms. The third-order valence-corrected chi connectivity index (χ3v) is 19.0. The van der Waals surface area contributed by atoms with E-state index in [9.17, 15) is 61.0 Å². The van der Waals surface area contributed by atoms with Crippen LogP contribution in [0.4, 0.5) is 0 Å². The number of aliphatic hydroxyl groups excluding tert-OH is 11. The highest BCUT2D eigenvalue weighted by Gasteiger charge is 2.53. The van der Waals surface area contributed by atoms with Gasteiger partial charge in [0.1, 0.15) is 73.2 Å². The van der Waals surface area contributed by atoms with Crippen LogP contribution in [-0.4, -0.2) is 193 Å². The summed E-state index contributed by atoms with van der Waals surface area (Å²) in [5, 5.41) is 121. The number of unbranched alkanes of at least 4 members (excludes halogenated alkanes) is 34. The minimum atomic E-state index is -1.98. The van der Waals surface area contributed by atoms with Crippen LogP contribution in [0, 0.1) is 0 Å². The molecule has 3 heterocycles. The van der Waals surface area contributed by atoms with Crippen molar-refractivity contribution in [1.29, 1.82) is 0 Å². The van der Waals surface area contributed by atoms with Gasteiger partial charge in [0.25, 0.3) is 0 Å². The van der Waals surface area contributed by atoms with Crippen molar-refractivity contribution in [3.05, 3.63) is 72.9 Å². The SMILES string of the molecule is CC/C=C\C/C=C\C/C=C\C/C=C\C/C=C\CCCCCCCCCCCCCC(=O)NC(COC1OC(CO)C(OC2OC(CO)C(OC3OC(CO)C(O)C(O)C3O)C(O)C2O)C(O)C1O)C(O)/C=C/CCCCCCCCCCCCCCCCCCCCCCCCC. The Morgan fingerprint density at radius 2 is 0.711 bits per heavy atom. The lowest BCUT2D eigenvalue weighted by atomic mass is 9.96. The van der Waals surface area contributed by atoms with Crippen LogP contribution in [0.2, 0.25) is 0 Å². The van der Waals surface area contributed by atoms with Gasteiger partial charge in [-0.05, 0) is 64.2 Å². The summed E-state index contributed by atoms with van der Waals surface area (Å²) in [6.45, 7) is 1.65. The Bertz CT molecular complexity index is 2040. The van der Waals surface area contributed by atoms with Gasteiger partial charge in [0, 0.05) is 6.42 Å². The van der Waals surface area contributed by atoms with E-state index in [1.54, 1.807) is 6.08 Å². The summed E-state index contributed by atoms with van der Waals surface area (Å²) < 4.78 is 34.4. The average Bonchev–Trinajstić information content (AvgIpc) is 0.790. The fourth-order valence-corrected chi connectivity index (χ4v) is 12.8. The molecule has 0 aromatic rings. The molecule has 12 N–H and O–H groups in total. The zero-order valence-corrected chi connectivity index (χ0v) is 60.0. The average molecular weight is 1380 g/mol. The van der Waals surface area contributed by atoms with Crippen molar-refractivity contribution in [2.75, 3.05) is 26.4 Å². The monoisotopic (exact) mass is 1380 g/mol. The molecule has 3 fully saturated rings. The molecule has 0 radical (unpaired) electrons. The van der Waals surface area contributed by atoms with Gasteiger partial charge >= 0.3 is 0 Å². The van der Waals surface area contributed by atoms with Gasteiger partial charge in [-0.3, -0.25) is 4.79 Å². The first-order valence-electron chi connectivity index (χ1n) is 38.7. The van der Waals surface area contributed by atoms with Crippen LogP contribution in [0.25, 0.3) is 0 Å². The summed E-state index contributed by atoms with van der Waals surface area (Å²) in [6, 6.07) is -0.980. The molecule has 1 amide bonds. The molecule has 0 spiro atoms. The fraction of sp³-hybridized carbons (Fsp3) is 0.833. The van der Waals surface area contributed by atoms with Gasteiger partial charge in [-0.2, -0.15) is 0 Å². The Hall–Kier alpha value is -2.77. The third kappa shape index (κ3) is 39.5. The van der Waals surface area contributed by atoms with Crippen molar-refractivity contribution in [3.63, 3.8) is 0 Å². The number of allylic oxidation sites excluding steroid dienone is 11. The van der Waals surface area contributed by atoms with Crippen LogP contribution in [0.5, 0.6) is 0 Å². The van der Waals surface area contributed by atoms with Gasteiger partial charge in [0.15, 0.2) is 18.9 Å². The van der Waals surface area contributed by atoms with Crippen LogP contribution >= 0.6 is 0 Å². The maximum Gasteiger partial charge on any atom is 0.220 e. The van der Waals surface area contributed by atoms with Crippen LogP contribution < -0.4 is 5.32 Å². The first kappa shape index (κ1) is 88.4. The van der Waals surface area contributed by atoms with E-state index in [0.29, 0.717) is 6.42 Å². The Morgan fingerprint density at radius 3 is 1.11 bits per heavy atom. The molecule has 0 aromatic heterocycles. The second-order valence-electron chi connectivity index (χ2n) is 27.4. The molecule has 0 saturated carbocycles. The number of ether oxygens (including phenoxy) is 6. The van der Waals surface area contributed by atoms with E-state index in [4.69, 9.17) is 28.4 Å². The van der Waals surface area contributed by atoms with Crippen LogP contribution in [0.3, 0.4) is 0 Å². The maximum absolute atomic E-state index is 13.5. The smallest absolute Gasteiger partial charge is 0.220 e. The van der Waals surface area contributed by atoms with E-state index >= 15 is 0 Å². The van der Waals surface area contributed by atoms with E-state index in [0.717, 1.165) is 89.9 Å². The van der Waals surface area contributed by atoms with Gasteiger partial charge in [-0.25, -0.2) is 0 Å². The number of carbonyl (C=O) groups excluding carboxylic acids is 1. The Morgan fingerprint density at radius 1 is 0.381 bits per heavy atom. The topological polar surface area (TPSA) is 307 Å². The normalized spacial score (nSPS) is 27.3. The molecule has 19 nitrogen and oxygen atoms in total. The fourth-order valence-electron chi connectivity index (χ4n) is 12.8. The quantitative estimate of drug-likeness (QED) is 0.0199. The van der Waals surface area contributed by atoms with Gasteiger partial charge in [-0.15, -0.1) is 0 Å². The van der Waals surface area contributed by atoms with E-state index in [1.807, 2.05) is 6.08 Å². The third-order valence-electron chi connectivity index (χ3n) is 19.0. The molecular formula is C78H139NO18. The first-order valence-corrected chi connectivity index (χ1v) is 38.7. The first-order chi connectivity index (χ1) is 47.3. The molecule has 3 rings (SSSR count). The van der Waals surface area contributed by atoms with Crippen LogP contribution in [0.15, 0.2) is 72.9 Å². The second-order valence-corrected chi connectivity index (χ2v) is 27.4. The molecule has 17 atom stereocenters. The van der Waals surface area contributed by atoms with Gasteiger partial charge in [0.2, 0.25) is 5.91 Å². The number of hydrogen-bond acceptors (Lipinski definition) is 18. The van der Waals surface area contributed by atoms with Crippen molar-refractivity contribution < 1.29 is 89.4 Å². The Kier molecular flexibility index (Phi) is 53.5. The molecule has 3 saturated heterocycles. The van der Waals surface area contributed by atoms with E-state index in [1.165, 1.54) is 167 Å². The number of rotatable bonds is 60. The predicted octanol–water partition coefficient (Wildman–Crippen LogP) is 12.1. The molecule has 0 aliphatic carbocycles. The molecule has 3 aliphatic rings. The molecule has 97 heavy (non-hydrogen) atoms. The van der Waals surface area contributed by atoms with Gasteiger partial charge in [0.05, 0.1) is 38.6 Å². The minimum absolute atomic E-state index is 0.237. The van der Waals surface area contributed by atoms with Crippen molar-refractivity contribution in [2.45, 2.75) is 388 Å². The van der Waals surface area contributed by atoms with E-state index < -0.39 is 124 Å². The molecule has 564 valence electrons. The summed E-state index contributed by atoms with van der Waals surface area (Å²) in [5.41, 5.74) is 0. The standard InChI is InChI=1S/C78H139NO18/c1-3-5-7-9-11-13-15-17-19-21-23-25-27-29-30-32-34-36-38-40-42-44-46-48-50-52-54-56-66(84)79-61(62(83)55-53-51-49-47-45-43-41-39-37-35-33-31-28-26-24-22-20-18-16-14-12-10-8-6-4-2)60-92-76-72(90)69(87)74(64(58-81)94-76)97-78-73(91)70(88)75(65(59-82)95-78)96-77-71(89)68(86)67(85)63(57-80)93-77/h5,7,11,13,17,19,23,25,29-30,53,55,61-65,67-78,80-83,85-91H,3-4,6,8-10,12,14-16,18,20-22,24,26-28,31-52,54,56-60H2,1-2H3,(H,79,84)/b7-5-,13-11-,19-17-,25-23-,30-29-,55-53+. The molecular weight excluding hydrogens is 1240 g/mol. The largest absolute Gasteiger partial charge is 0.394 e. The summed E-state index contributed by atoms with van der Waals surface area (Å²) in [5.74, 6) is -0.278. The maximum atomic E-state index is 13.5. The number of nitrogens with one attached hydrogen (secondary N) is 1.